The molecule has 0 saturated carbocycles. The summed E-state index contributed by atoms with van der Waals surface area (Å²) in [5, 5.41) is 10.1. The molecule has 0 aliphatic rings. The normalized spacial score (nSPS) is 15.4. The van der Waals surface area contributed by atoms with Crippen LogP contribution in [0.5, 0.6) is 0 Å². The van der Waals surface area contributed by atoms with Gasteiger partial charge < -0.3 is 5.11 Å². The molecule has 0 aliphatic heterocycles. The zero-order chi connectivity index (χ0) is 14.5. The molecular formula is C13H22N2O3S. The van der Waals surface area contributed by atoms with Gasteiger partial charge in [0, 0.05) is 12.7 Å². The molecule has 1 aromatic heterocycles. The molecule has 0 amide bonds. The molecule has 1 aromatic rings. The summed E-state index contributed by atoms with van der Waals surface area (Å²) in [5.41, 5.74) is -1.05. The van der Waals surface area contributed by atoms with Crippen LogP contribution in [0, 0.1) is 5.92 Å². The third-order valence-electron chi connectivity index (χ3n) is 2.82. The predicted octanol–water partition coefficient (Wildman–Crippen LogP) is 1.55. The molecule has 1 atom stereocenters. The average Bonchev–Trinajstić information content (AvgIpc) is 2.36. The van der Waals surface area contributed by atoms with Gasteiger partial charge in [0.2, 0.25) is 0 Å². The van der Waals surface area contributed by atoms with E-state index in [0.29, 0.717) is 12.3 Å². The number of rotatable bonds is 7. The number of pyridine rings is 1. The minimum atomic E-state index is -3.65. The van der Waals surface area contributed by atoms with Gasteiger partial charge in [-0.25, -0.2) is 18.1 Å². The van der Waals surface area contributed by atoms with Crippen molar-refractivity contribution >= 4 is 10.0 Å². The van der Waals surface area contributed by atoms with Crippen LogP contribution in [-0.4, -0.2) is 30.7 Å². The first-order valence-electron chi connectivity index (χ1n) is 6.36. The van der Waals surface area contributed by atoms with Crippen molar-refractivity contribution in [1.29, 1.82) is 0 Å². The lowest BCUT2D eigenvalue weighted by atomic mass is 9.96. The maximum absolute atomic E-state index is 11.9. The van der Waals surface area contributed by atoms with Crippen LogP contribution >= 0.6 is 0 Å². The predicted molar refractivity (Wildman–Crippen MR) is 74.1 cm³/mol. The summed E-state index contributed by atoms with van der Waals surface area (Å²) in [5.74, 6) is 0.471. The number of aromatic nitrogens is 1. The summed E-state index contributed by atoms with van der Waals surface area (Å²) in [6.45, 7) is 5.75. The van der Waals surface area contributed by atoms with Crippen molar-refractivity contribution in [3.8, 4) is 0 Å². The van der Waals surface area contributed by atoms with E-state index < -0.39 is 15.6 Å². The first kappa shape index (κ1) is 16.1. The maximum atomic E-state index is 11.9. The van der Waals surface area contributed by atoms with Crippen LogP contribution in [0.4, 0.5) is 0 Å². The molecule has 108 valence electrons. The summed E-state index contributed by atoms with van der Waals surface area (Å²) in [6, 6.07) is 4.68. The summed E-state index contributed by atoms with van der Waals surface area (Å²) in [6.07, 6.45) is 2.82. The molecular weight excluding hydrogens is 264 g/mol. The quantitative estimate of drug-likeness (QED) is 0.797. The van der Waals surface area contributed by atoms with E-state index in [4.69, 9.17) is 0 Å². The SMILES string of the molecule is CC(C)CCC(C)(O)CNS(=O)(=O)c1ccccn1. The first-order chi connectivity index (χ1) is 8.73. The fourth-order valence-electron chi connectivity index (χ4n) is 1.52. The van der Waals surface area contributed by atoms with Gasteiger partial charge >= 0.3 is 0 Å². The van der Waals surface area contributed by atoms with Crippen molar-refractivity contribution in [3.63, 3.8) is 0 Å². The Morgan fingerprint density at radius 1 is 1.42 bits per heavy atom. The van der Waals surface area contributed by atoms with Crippen molar-refractivity contribution in [2.75, 3.05) is 6.54 Å². The van der Waals surface area contributed by atoms with E-state index in [1.54, 1.807) is 19.1 Å². The fraction of sp³-hybridized carbons (Fsp3) is 0.615. The summed E-state index contributed by atoms with van der Waals surface area (Å²) in [4.78, 5) is 3.79. The van der Waals surface area contributed by atoms with Gasteiger partial charge in [-0.2, -0.15) is 0 Å². The Labute approximate surface area is 115 Å². The molecule has 0 fully saturated rings. The van der Waals surface area contributed by atoms with E-state index >= 15 is 0 Å². The Morgan fingerprint density at radius 3 is 2.63 bits per heavy atom. The van der Waals surface area contributed by atoms with Crippen LogP contribution in [0.25, 0.3) is 0 Å². The Bertz CT molecular complexity index is 484. The molecule has 19 heavy (non-hydrogen) atoms. The van der Waals surface area contributed by atoms with Gasteiger partial charge in [-0.3, -0.25) is 0 Å². The van der Waals surface area contributed by atoms with E-state index in [2.05, 4.69) is 23.6 Å². The van der Waals surface area contributed by atoms with Gasteiger partial charge in [0.1, 0.15) is 0 Å². The lowest BCUT2D eigenvalue weighted by molar-refractivity contribution is 0.0506. The highest BCUT2D eigenvalue weighted by Gasteiger charge is 2.24. The summed E-state index contributed by atoms with van der Waals surface area (Å²) < 4.78 is 26.3. The van der Waals surface area contributed by atoms with Gasteiger partial charge in [-0.05, 0) is 37.8 Å². The molecule has 0 aliphatic carbocycles. The Hall–Kier alpha value is -0.980. The summed E-state index contributed by atoms with van der Waals surface area (Å²) >= 11 is 0. The smallest absolute Gasteiger partial charge is 0.258 e. The van der Waals surface area contributed by atoms with E-state index in [9.17, 15) is 13.5 Å². The highest BCUT2D eigenvalue weighted by molar-refractivity contribution is 7.89. The molecule has 6 heteroatoms. The van der Waals surface area contributed by atoms with E-state index in [-0.39, 0.29) is 11.6 Å². The van der Waals surface area contributed by atoms with Crippen molar-refractivity contribution in [1.82, 2.24) is 9.71 Å². The van der Waals surface area contributed by atoms with Crippen molar-refractivity contribution in [2.24, 2.45) is 5.92 Å². The minimum Gasteiger partial charge on any atom is -0.389 e. The lowest BCUT2D eigenvalue weighted by Crippen LogP contribution is -2.40. The number of aliphatic hydroxyl groups is 1. The molecule has 2 N–H and O–H groups in total. The number of hydrogen-bond acceptors (Lipinski definition) is 4. The standard InChI is InChI=1S/C13H22N2O3S/c1-11(2)7-8-13(3,16)10-15-19(17,18)12-6-4-5-9-14-12/h4-6,9,11,15-16H,7-8,10H2,1-3H3. The maximum Gasteiger partial charge on any atom is 0.258 e. The minimum absolute atomic E-state index is 0.0153. The number of nitrogens with zero attached hydrogens (tertiary/aromatic N) is 1. The molecule has 1 heterocycles. The zero-order valence-electron chi connectivity index (χ0n) is 11.6. The molecule has 1 rings (SSSR count). The lowest BCUT2D eigenvalue weighted by Gasteiger charge is -2.24. The highest BCUT2D eigenvalue weighted by Crippen LogP contribution is 2.16. The van der Waals surface area contributed by atoms with Crippen LogP contribution in [-0.2, 0) is 10.0 Å². The van der Waals surface area contributed by atoms with Crippen LogP contribution in [0.2, 0.25) is 0 Å². The average molecular weight is 286 g/mol. The fourth-order valence-corrected chi connectivity index (χ4v) is 2.62. The van der Waals surface area contributed by atoms with Crippen LogP contribution in [0.15, 0.2) is 29.4 Å². The van der Waals surface area contributed by atoms with Crippen LogP contribution in [0.1, 0.15) is 33.6 Å². The molecule has 0 radical (unpaired) electrons. The first-order valence-corrected chi connectivity index (χ1v) is 7.84. The monoisotopic (exact) mass is 286 g/mol. The van der Waals surface area contributed by atoms with Crippen molar-refractivity contribution in [3.05, 3.63) is 24.4 Å². The third kappa shape index (κ3) is 5.67. The van der Waals surface area contributed by atoms with Crippen molar-refractivity contribution in [2.45, 2.75) is 44.2 Å². The van der Waals surface area contributed by atoms with E-state index in [0.717, 1.165) is 6.42 Å². The zero-order valence-corrected chi connectivity index (χ0v) is 12.4. The molecule has 0 bridgehead atoms. The second-order valence-electron chi connectivity index (χ2n) is 5.42. The van der Waals surface area contributed by atoms with Gasteiger partial charge in [-0.1, -0.05) is 19.9 Å². The Morgan fingerprint density at radius 2 is 2.11 bits per heavy atom. The van der Waals surface area contributed by atoms with E-state index in [1.807, 2.05) is 0 Å². The second-order valence-corrected chi connectivity index (χ2v) is 7.14. The molecule has 5 nitrogen and oxygen atoms in total. The Balaban J connectivity index is 2.61. The van der Waals surface area contributed by atoms with Gasteiger partial charge in [0.25, 0.3) is 10.0 Å². The van der Waals surface area contributed by atoms with Gasteiger partial charge in [-0.15, -0.1) is 0 Å². The largest absolute Gasteiger partial charge is 0.389 e. The number of nitrogens with one attached hydrogen (secondary N) is 1. The molecule has 0 spiro atoms. The number of hydrogen-bond donors (Lipinski definition) is 2. The van der Waals surface area contributed by atoms with Crippen LogP contribution in [0.3, 0.4) is 0 Å². The second kappa shape index (κ2) is 6.45. The molecule has 0 saturated heterocycles. The molecule has 1 unspecified atom stereocenters. The van der Waals surface area contributed by atoms with E-state index in [1.165, 1.54) is 12.3 Å². The summed E-state index contributed by atoms with van der Waals surface area (Å²) in [7, 11) is -3.65. The Kier molecular flexibility index (Phi) is 5.46. The molecule has 0 aromatic carbocycles. The topological polar surface area (TPSA) is 79.3 Å². The van der Waals surface area contributed by atoms with Crippen LogP contribution < -0.4 is 4.72 Å². The number of sulfonamides is 1. The highest BCUT2D eigenvalue weighted by atomic mass is 32.2. The van der Waals surface area contributed by atoms with Gasteiger partial charge in [0.05, 0.1) is 5.60 Å². The third-order valence-corrected chi connectivity index (χ3v) is 4.13. The van der Waals surface area contributed by atoms with Gasteiger partial charge in [0.15, 0.2) is 5.03 Å². The van der Waals surface area contributed by atoms with Crippen molar-refractivity contribution < 1.29 is 13.5 Å².